The molecule has 0 aliphatic carbocycles. The monoisotopic (exact) mass is 278 g/mol. The molecule has 2 aromatic carbocycles. The second kappa shape index (κ2) is 6.33. The molecule has 0 aliphatic heterocycles. The summed E-state index contributed by atoms with van der Waals surface area (Å²) in [6.07, 6.45) is 3.58. The van der Waals surface area contributed by atoms with Gasteiger partial charge in [-0.25, -0.2) is 4.68 Å². The van der Waals surface area contributed by atoms with Gasteiger partial charge < -0.3 is 5.73 Å². The van der Waals surface area contributed by atoms with E-state index in [-0.39, 0.29) is 0 Å². The van der Waals surface area contributed by atoms with Crippen molar-refractivity contribution in [1.29, 1.82) is 0 Å². The Morgan fingerprint density at radius 2 is 1.71 bits per heavy atom. The quantitative estimate of drug-likeness (QED) is 0.779. The van der Waals surface area contributed by atoms with Crippen molar-refractivity contribution in [3.63, 3.8) is 0 Å². The Morgan fingerprint density at radius 3 is 2.52 bits per heavy atom. The van der Waals surface area contributed by atoms with E-state index in [4.69, 9.17) is 5.73 Å². The van der Waals surface area contributed by atoms with E-state index in [0.717, 1.165) is 24.2 Å². The van der Waals surface area contributed by atoms with E-state index in [9.17, 15) is 0 Å². The van der Waals surface area contributed by atoms with E-state index in [1.54, 1.807) is 0 Å². The predicted octanol–water partition coefficient (Wildman–Crippen LogP) is 2.36. The molecule has 4 nitrogen and oxygen atoms in total. The Hall–Kier alpha value is -2.46. The molecule has 0 fully saturated rings. The molecule has 0 aliphatic rings. The maximum absolute atomic E-state index is 5.56. The van der Waals surface area contributed by atoms with Gasteiger partial charge in [0, 0.05) is 6.42 Å². The zero-order chi connectivity index (χ0) is 14.5. The molecular weight excluding hydrogens is 260 g/mol. The van der Waals surface area contributed by atoms with Gasteiger partial charge in [-0.15, -0.1) is 5.10 Å². The molecule has 106 valence electrons. The van der Waals surface area contributed by atoms with Crippen molar-refractivity contribution in [2.45, 2.75) is 12.8 Å². The summed E-state index contributed by atoms with van der Waals surface area (Å²) in [5.74, 6) is 0. The molecule has 3 aromatic rings. The fourth-order valence-corrected chi connectivity index (χ4v) is 2.38. The average molecular weight is 278 g/mol. The zero-order valence-corrected chi connectivity index (χ0v) is 11.8. The minimum Gasteiger partial charge on any atom is -0.330 e. The summed E-state index contributed by atoms with van der Waals surface area (Å²) in [5, 5.41) is 8.38. The molecule has 1 aromatic heterocycles. The fourth-order valence-electron chi connectivity index (χ4n) is 2.38. The third-order valence-corrected chi connectivity index (χ3v) is 3.42. The van der Waals surface area contributed by atoms with Crippen LogP contribution in [0.5, 0.6) is 0 Å². The molecule has 0 spiro atoms. The van der Waals surface area contributed by atoms with Gasteiger partial charge in [0.25, 0.3) is 0 Å². The second-order valence-corrected chi connectivity index (χ2v) is 4.98. The lowest BCUT2D eigenvalue weighted by Crippen LogP contribution is -2.03. The molecule has 0 saturated carbocycles. The lowest BCUT2D eigenvalue weighted by atomic mass is 10.0. The first kappa shape index (κ1) is 13.5. The third kappa shape index (κ3) is 3.17. The maximum atomic E-state index is 5.56. The molecule has 0 unspecified atom stereocenters. The molecule has 4 heteroatoms. The summed E-state index contributed by atoms with van der Waals surface area (Å²) in [4.78, 5) is 0. The molecule has 2 N–H and O–H groups in total. The van der Waals surface area contributed by atoms with Crippen molar-refractivity contribution in [2.24, 2.45) is 5.73 Å². The van der Waals surface area contributed by atoms with Crippen molar-refractivity contribution in [2.75, 3.05) is 6.54 Å². The number of nitrogens with zero attached hydrogens (tertiary/aromatic N) is 3. The number of hydrogen-bond donors (Lipinski definition) is 1. The highest BCUT2D eigenvalue weighted by Crippen LogP contribution is 2.17. The molecule has 0 bridgehead atoms. The number of para-hydroxylation sites is 1. The van der Waals surface area contributed by atoms with Crippen LogP contribution in [0.1, 0.15) is 16.8 Å². The topological polar surface area (TPSA) is 56.7 Å². The number of benzene rings is 2. The van der Waals surface area contributed by atoms with Crippen LogP contribution in [0, 0.1) is 0 Å². The summed E-state index contributed by atoms with van der Waals surface area (Å²) in [6, 6.07) is 18.7. The highest BCUT2D eigenvalue weighted by atomic mass is 15.4. The lowest BCUT2D eigenvalue weighted by Gasteiger charge is -2.08. The van der Waals surface area contributed by atoms with E-state index in [0.29, 0.717) is 6.54 Å². The van der Waals surface area contributed by atoms with Crippen LogP contribution in [-0.4, -0.2) is 21.5 Å². The van der Waals surface area contributed by atoms with Crippen LogP contribution in [0.4, 0.5) is 0 Å². The van der Waals surface area contributed by atoms with Crippen LogP contribution in [0.15, 0.2) is 60.8 Å². The van der Waals surface area contributed by atoms with Crippen molar-refractivity contribution in [3.05, 3.63) is 77.6 Å². The van der Waals surface area contributed by atoms with E-state index < -0.39 is 0 Å². The summed E-state index contributed by atoms with van der Waals surface area (Å²) in [5.41, 5.74) is 10.1. The Bertz CT molecular complexity index is 704. The summed E-state index contributed by atoms with van der Waals surface area (Å²) < 4.78 is 1.84. The molecular formula is C17H18N4. The van der Waals surface area contributed by atoms with Crippen molar-refractivity contribution >= 4 is 0 Å². The van der Waals surface area contributed by atoms with E-state index in [1.165, 1.54) is 11.1 Å². The van der Waals surface area contributed by atoms with Crippen LogP contribution in [0.2, 0.25) is 0 Å². The zero-order valence-electron chi connectivity index (χ0n) is 11.8. The van der Waals surface area contributed by atoms with Crippen LogP contribution in [0.3, 0.4) is 0 Å². The van der Waals surface area contributed by atoms with Gasteiger partial charge in [0.2, 0.25) is 0 Å². The Balaban J connectivity index is 1.91. The molecule has 21 heavy (non-hydrogen) atoms. The van der Waals surface area contributed by atoms with Gasteiger partial charge in [-0.3, -0.25) is 0 Å². The van der Waals surface area contributed by atoms with Gasteiger partial charge in [0.1, 0.15) is 0 Å². The number of rotatable bonds is 5. The number of hydrogen-bond acceptors (Lipinski definition) is 3. The summed E-state index contributed by atoms with van der Waals surface area (Å²) >= 11 is 0. The van der Waals surface area contributed by atoms with E-state index >= 15 is 0 Å². The first-order chi connectivity index (χ1) is 10.4. The Kier molecular flexibility index (Phi) is 4.07. The first-order valence-electron chi connectivity index (χ1n) is 7.10. The minimum atomic E-state index is 0.588. The molecule has 1 heterocycles. The molecule has 0 radical (unpaired) electrons. The molecule has 3 rings (SSSR count). The van der Waals surface area contributed by atoms with Crippen molar-refractivity contribution in [1.82, 2.24) is 15.0 Å². The van der Waals surface area contributed by atoms with E-state index in [2.05, 4.69) is 52.8 Å². The third-order valence-electron chi connectivity index (χ3n) is 3.42. The first-order valence-corrected chi connectivity index (χ1v) is 7.10. The smallest absolute Gasteiger partial charge is 0.0844 e. The molecule has 0 amide bonds. The number of aromatic nitrogens is 3. The predicted molar refractivity (Wildman–Crippen MR) is 83.4 cm³/mol. The number of nitrogens with two attached hydrogens (primary N) is 1. The van der Waals surface area contributed by atoms with Crippen LogP contribution in [0.25, 0.3) is 5.69 Å². The normalized spacial score (nSPS) is 10.7. The van der Waals surface area contributed by atoms with E-state index in [1.807, 2.05) is 23.0 Å². The van der Waals surface area contributed by atoms with Crippen LogP contribution in [-0.2, 0) is 12.8 Å². The largest absolute Gasteiger partial charge is 0.330 e. The fraction of sp³-hybridized carbons (Fsp3) is 0.176. The van der Waals surface area contributed by atoms with Gasteiger partial charge in [0.05, 0.1) is 17.6 Å². The lowest BCUT2D eigenvalue weighted by molar-refractivity contribution is 0.788. The summed E-state index contributed by atoms with van der Waals surface area (Å²) in [7, 11) is 0. The van der Waals surface area contributed by atoms with Crippen molar-refractivity contribution in [3.8, 4) is 5.69 Å². The summed E-state index contributed by atoms with van der Waals surface area (Å²) in [6.45, 7) is 0.588. The van der Waals surface area contributed by atoms with Gasteiger partial charge in [-0.1, -0.05) is 53.7 Å². The molecule has 0 saturated heterocycles. The van der Waals surface area contributed by atoms with Gasteiger partial charge in [0.15, 0.2) is 0 Å². The SMILES string of the molecule is NCCc1cn(-c2ccccc2Cc2ccccc2)nn1. The van der Waals surface area contributed by atoms with Gasteiger partial charge in [-0.05, 0) is 30.2 Å². The van der Waals surface area contributed by atoms with Gasteiger partial charge in [-0.2, -0.15) is 0 Å². The minimum absolute atomic E-state index is 0.588. The Labute approximate surface area is 124 Å². The van der Waals surface area contributed by atoms with Crippen molar-refractivity contribution < 1.29 is 0 Å². The second-order valence-electron chi connectivity index (χ2n) is 4.98. The van der Waals surface area contributed by atoms with Gasteiger partial charge >= 0.3 is 0 Å². The average Bonchev–Trinajstić information content (AvgIpc) is 2.98. The maximum Gasteiger partial charge on any atom is 0.0844 e. The molecule has 0 atom stereocenters. The highest BCUT2D eigenvalue weighted by molar-refractivity contribution is 5.43. The highest BCUT2D eigenvalue weighted by Gasteiger charge is 2.07. The van der Waals surface area contributed by atoms with Crippen LogP contribution < -0.4 is 5.73 Å². The Morgan fingerprint density at radius 1 is 0.952 bits per heavy atom. The standard InChI is InChI=1S/C17H18N4/c18-11-10-16-13-21(20-19-16)17-9-5-4-8-15(17)12-14-6-2-1-3-7-14/h1-9,13H,10-12,18H2. The van der Waals surface area contributed by atoms with Crippen LogP contribution >= 0.6 is 0 Å².